The summed E-state index contributed by atoms with van der Waals surface area (Å²) in [5.74, 6) is -1.20. The van der Waals surface area contributed by atoms with Crippen molar-refractivity contribution in [1.82, 2.24) is 14.8 Å². The normalized spacial score (nSPS) is 15.2. The van der Waals surface area contributed by atoms with E-state index in [1.165, 1.54) is 25.3 Å². The number of carbonyl (C=O) groups is 3. The van der Waals surface area contributed by atoms with E-state index < -0.39 is 23.6 Å². The van der Waals surface area contributed by atoms with Crippen LogP contribution in [-0.2, 0) is 15.7 Å². The lowest BCUT2D eigenvalue weighted by atomic mass is 10.1. The largest absolute Gasteiger partial charge is 0.465 e. The Labute approximate surface area is 195 Å². The van der Waals surface area contributed by atoms with Crippen LogP contribution < -0.4 is 5.32 Å². The van der Waals surface area contributed by atoms with Crippen LogP contribution in [0.25, 0.3) is 0 Å². The zero-order valence-corrected chi connectivity index (χ0v) is 19.2. The number of nitrogens with one attached hydrogen (secondary N) is 2. The summed E-state index contributed by atoms with van der Waals surface area (Å²) in [6, 6.07) is 4.85. The first-order valence-corrected chi connectivity index (χ1v) is 10.7. The van der Waals surface area contributed by atoms with Crippen molar-refractivity contribution in [3.63, 3.8) is 0 Å². The minimum Gasteiger partial charge on any atom is -0.465 e. The van der Waals surface area contributed by atoms with Gasteiger partial charge in [0.25, 0.3) is 0 Å². The van der Waals surface area contributed by atoms with Gasteiger partial charge in [0.05, 0.1) is 42.7 Å². The molecule has 11 heteroatoms. The van der Waals surface area contributed by atoms with Crippen LogP contribution in [0, 0.1) is 13.8 Å². The van der Waals surface area contributed by atoms with E-state index in [4.69, 9.17) is 4.74 Å². The Hall–Kier alpha value is -3.18. The number of amides is 1. The van der Waals surface area contributed by atoms with Crippen LogP contribution in [0.3, 0.4) is 0 Å². The van der Waals surface area contributed by atoms with E-state index in [1.54, 1.807) is 13.8 Å². The first kappa shape index (κ1) is 25.4. The second-order valence-electron chi connectivity index (χ2n) is 8.18. The monoisotopic (exact) mass is 480 g/mol. The summed E-state index contributed by atoms with van der Waals surface area (Å²) in [7, 11) is 1.28. The molecule has 3 rings (SSSR count). The fourth-order valence-electron chi connectivity index (χ4n) is 4.06. The Kier molecular flexibility index (Phi) is 7.78. The number of piperazine rings is 1. The zero-order valence-electron chi connectivity index (χ0n) is 19.2. The number of methoxy groups -OCH3 is 1. The third kappa shape index (κ3) is 5.84. The quantitative estimate of drug-likeness (QED) is 0.468. The average Bonchev–Trinajstić information content (AvgIpc) is 3.08. The zero-order chi connectivity index (χ0) is 25.0. The van der Waals surface area contributed by atoms with E-state index >= 15 is 0 Å². The first-order chi connectivity index (χ1) is 16.0. The van der Waals surface area contributed by atoms with Crippen molar-refractivity contribution in [1.29, 1.82) is 0 Å². The van der Waals surface area contributed by atoms with Crippen LogP contribution in [0.5, 0.6) is 0 Å². The second kappa shape index (κ2) is 10.4. The van der Waals surface area contributed by atoms with E-state index in [-0.39, 0.29) is 24.6 Å². The molecule has 34 heavy (non-hydrogen) atoms. The number of anilines is 1. The number of carbonyl (C=O) groups excluding carboxylic acids is 3. The van der Waals surface area contributed by atoms with Gasteiger partial charge in [-0.15, -0.1) is 0 Å². The summed E-state index contributed by atoms with van der Waals surface area (Å²) < 4.78 is 44.1. The Morgan fingerprint density at radius 3 is 2.21 bits per heavy atom. The van der Waals surface area contributed by atoms with Crippen LogP contribution in [0.2, 0.25) is 0 Å². The Morgan fingerprint density at radius 2 is 1.62 bits per heavy atom. The summed E-state index contributed by atoms with van der Waals surface area (Å²) in [5.41, 5.74) is 0.667. The van der Waals surface area contributed by atoms with E-state index in [1.807, 2.05) is 9.80 Å². The number of hydrogen-bond donors (Lipinski definition) is 2. The molecule has 8 nitrogen and oxygen atoms in total. The molecule has 2 N–H and O–H groups in total. The topological polar surface area (TPSA) is 94.7 Å². The first-order valence-electron chi connectivity index (χ1n) is 10.7. The number of ketones is 1. The van der Waals surface area contributed by atoms with E-state index in [2.05, 4.69) is 10.3 Å². The lowest BCUT2D eigenvalue weighted by Crippen LogP contribution is -2.49. The predicted molar refractivity (Wildman–Crippen MR) is 119 cm³/mol. The maximum absolute atomic E-state index is 13.1. The predicted octanol–water partition coefficient (Wildman–Crippen LogP) is 2.88. The number of nitrogens with zero attached hydrogens (tertiary/aromatic N) is 2. The molecular weight excluding hydrogens is 453 g/mol. The molecule has 184 valence electrons. The van der Waals surface area contributed by atoms with Crippen LogP contribution >= 0.6 is 0 Å². The number of H-pyrrole nitrogens is 1. The molecule has 1 amide bonds. The van der Waals surface area contributed by atoms with Crippen molar-refractivity contribution < 1.29 is 32.3 Å². The van der Waals surface area contributed by atoms with Crippen molar-refractivity contribution in [3.8, 4) is 0 Å². The molecule has 0 unspecified atom stereocenters. The number of Topliss-reactive ketones (excluding diaryl/α,β-unsaturated/α-hetero) is 1. The minimum absolute atomic E-state index is 0.0502. The van der Waals surface area contributed by atoms with Crippen LogP contribution in [-0.4, -0.2) is 78.8 Å². The van der Waals surface area contributed by atoms with Gasteiger partial charge in [0.1, 0.15) is 0 Å². The van der Waals surface area contributed by atoms with E-state index in [0.717, 1.165) is 6.07 Å². The number of hydrogen-bond acceptors (Lipinski definition) is 6. The number of aryl methyl sites for hydroxylation is 1. The highest BCUT2D eigenvalue weighted by molar-refractivity contribution is 6.02. The molecular formula is C23H27F3N4O4. The number of rotatable bonds is 7. The molecule has 0 spiro atoms. The van der Waals surface area contributed by atoms with Gasteiger partial charge in [0.15, 0.2) is 5.78 Å². The molecule has 1 saturated heterocycles. The molecule has 0 bridgehead atoms. The maximum atomic E-state index is 13.1. The average molecular weight is 480 g/mol. The highest BCUT2D eigenvalue weighted by Crippen LogP contribution is 2.34. The molecule has 0 atom stereocenters. The van der Waals surface area contributed by atoms with Crippen molar-refractivity contribution >= 4 is 23.3 Å². The minimum atomic E-state index is -4.56. The van der Waals surface area contributed by atoms with Crippen molar-refractivity contribution in [2.75, 3.05) is 51.7 Å². The number of ether oxygens (including phenoxy) is 1. The molecule has 0 radical (unpaired) electrons. The third-order valence-corrected chi connectivity index (χ3v) is 5.81. The maximum Gasteiger partial charge on any atom is 0.418 e. The summed E-state index contributed by atoms with van der Waals surface area (Å²) in [6.07, 6.45) is -4.56. The third-order valence-electron chi connectivity index (χ3n) is 5.81. The van der Waals surface area contributed by atoms with Gasteiger partial charge in [-0.2, -0.15) is 13.2 Å². The number of benzene rings is 1. The molecule has 1 fully saturated rings. The Bertz CT molecular complexity index is 1070. The van der Waals surface area contributed by atoms with Gasteiger partial charge in [-0.3, -0.25) is 19.4 Å². The van der Waals surface area contributed by atoms with Gasteiger partial charge >= 0.3 is 12.1 Å². The van der Waals surface area contributed by atoms with Gasteiger partial charge in [-0.25, -0.2) is 4.79 Å². The Morgan fingerprint density at radius 1 is 1.03 bits per heavy atom. The number of halogens is 3. The van der Waals surface area contributed by atoms with Gasteiger partial charge < -0.3 is 15.0 Å². The van der Waals surface area contributed by atoms with Gasteiger partial charge in [-0.1, -0.05) is 12.1 Å². The van der Waals surface area contributed by atoms with Gasteiger partial charge in [0, 0.05) is 31.9 Å². The van der Waals surface area contributed by atoms with Crippen molar-refractivity contribution in [3.05, 3.63) is 52.3 Å². The standard InChI is InChI=1S/C23H27F3N4O4/c1-14-20(22(33)34-3)15(2)27-21(14)18(31)12-29-8-10-30(11-9-29)13-19(32)28-17-7-5-4-6-16(17)23(24,25)26/h4-7,27H,8-13H2,1-3H3,(H,28,32). The summed E-state index contributed by atoms with van der Waals surface area (Å²) in [4.78, 5) is 43.8. The smallest absolute Gasteiger partial charge is 0.418 e. The fourth-order valence-corrected chi connectivity index (χ4v) is 4.06. The van der Waals surface area contributed by atoms with Crippen molar-refractivity contribution in [2.24, 2.45) is 0 Å². The highest BCUT2D eigenvalue weighted by atomic mass is 19.4. The summed E-state index contributed by atoms with van der Waals surface area (Å²) in [6.45, 7) is 5.48. The second-order valence-corrected chi connectivity index (χ2v) is 8.18. The van der Waals surface area contributed by atoms with Crippen LogP contribution in [0.15, 0.2) is 24.3 Å². The van der Waals surface area contributed by atoms with E-state index in [0.29, 0.717) is 48.7 Å². The molecule has 1 aliphatic rings. The van der Waals surface area contributed by atoms with Gasteiger partial charge in [-0.05, 0) is 31.5 Å². The fraction of sp³-hybridized carbons (Fsp3) is 0.435. The van der Waals surface area contributed by atoms with Gasteiger partial charge in [0.2, 0.25) is 5.91 Å². The van der Waals surface area contributed by atoms with Crippen LogP contribution in [0.4, 0.5) is 18.9 Å². The number of para-hydroxylation sites is 1. The highest BCUT2D eigenvalue weighted by Gasteiger charge is 2.33. The molecule has 1 aromatic heterocycles. The molecule has 2 aromatic rings. The lowest BCUT2D eigenvalue weighted by molar-refractivity contribution is -0.137. The molecule has 0 saturated carbocycles. The van der Waals surface area contributed by atoms with E-state index in [9.17, 15) is 27.6 Å². The SMILES string of the molecule is COC(=O)c1c(C)[nH]c(C(=O)CN2CCN(CC(=O)Nc3ccccc3C(F)(F)F)CC2)c1C. The number of aromatic amines is 1. The lowest BCUT2D eigenvalue weighted by Gasteiger charge is -2.33. The molecule has 0 aliphatic carbocycles. The number of esters is 1. The van der Waals surface area contributed by atoms with Crippen LogP contribution in [0.1, 0.15) is 37.7 Å². The molecule has 1 aromatic carbocycles. The molecule has 2 heterocycles. The number of alkyl halides is 3. The van der Waals surface area contributed by atoms with Crippen molar-refractivity contribution in [2.45, 2.75) is 20.0 Å². The summed E-state index contributed by atoms with van der Waals surface area (Å²) >= 11 is 0. The Balaban J connectivity index is 1.52. The summed E-state index contributed by atoms with van der Waals surface area (Å²) in [5, 5.41) is 2.35. The number of aromatic nitrogens is 1. The molecule has 1 aliphatic heterocycles.